The van der Waals surface area contributed by atoms with Crippen molar-refractivity contribution in [2.45, 2.75) is 38.6 Å². The molecule has 6 nitrogen and oxygen atoms in total. The van der Waals surface area contributed by atoms with Crippen molar-refractivity contribution < 1.29 is 4.74 Å². The molecular formula is C18H27N5O. The number of rotatable bonds is 6. The standard InChI is InChI=1S/C18H27N5O/c1-14(2)23-16(6-7-21-23)18-17(19-8-9-20-18)15-5-4-10-22(13-15)11-12-24-3/h6-9,14-15H,4-5,10-13H2,1-3H3/t15-/m0/s1. The van der Waals surface area contributed by atoms with E-state index >= 15 is 0 Å². The van der Waals surface area contributed by atoms with Gasteiger partial charge in [-0.25, -0.2) is 0 Å². The zero-order valence-corrected chi connectivity index (χ0v) is 14.9. The summed E-state index contributed by atoms with van der Waals surface area (Å²) in [4.78, 5) is 11.8. The summed E-state index contributed by atoms with van der Waals surface area (Å²) in [6.07, 6.45) is 7.78. The van der Waals surface area contributed by atoms with Gasteiger partial charge in [0.1, 0.15) is 5.69 Å². The number of aromatic nitrogens is 4. The highest BCUT2D eigenvalue weighted by atomic mass is 16.5. The van der Waals surface area contributed by atoms with Crippen molar-refractivity contribution in [2.24, 2.45) is 0 Å². The quantitative estimate of drug-likeness (QED) is 0.815. The molecule has 0 radical (unpaired) electrons. The van der Waals surface area contributed by atoms with Crippen LogP contribution in [-0.2, 0) is 4.74 Å². The number of methoxy groups -OCH3 is 1. The average molecular weight is 329 g/mol. The molecule has 3 rings (SSSR count). The summed E-state index contributed by atoms with van der Waals surface area (Å²) in [5.74, 6) is 0.412. The molecule has 0 aromatic carbocycles. The maximum absolute atomic E-state index is 5.23. The molecule has 1 aliphatic heterocycles. The molecule has 130 valence electrons. The predicted molar refractivity (Wildman–Crippen MR) is 93.9 cm³/mol. The summed E-state index contributed by atoms with van der Waals surface area (Å²) >= 11 is 0. The second kappa shape index (κ2) is 7.85. The monoisotopic (exact) mass is 329 g/mol. The Hall–Kier alpha value is -1.79. The predicted octanol–water partition coefficient (Wildman–Crippen LogP) is 2.75. The molecule has 6 heteroatoms. The normalized spacial score (nSPS) is 19.1. The zero-order chi connectivity index (χ0) is 16.9. The third-order valence-corrected chi connectivity index (χ3v) is 4.63. The van der Waals surface area contributed by atoms with E-state index in [1.165, 1.54) is 6.42 Å². The van der Waals surface area contributed by atoms with Crippen LogP contribution in [0.4, 0.5) is 0 Å². The molecule has 1 aliphatic rings. The van der Waals surface area contributed by atoms with E-state index in [1.807, 2.05) is 23.1 Å². The number of piperidine rings is 1. The van der Waals surface area contributed by atoms with E-state index in [4.69, 9.17) is 9.72 Å². The van der Waals surface area contributed by atoms with Crippen LogP contribution in [0.2, 0.25) is 0 Å². The van der Waals surface area contributed by atoms with E-state index in [9.17, 15) is 0 Å². The fourth-order valence-electron chi connectivity index (χ4n) is 3.46. The molecule has 24 heavy (non-hydrogen) atoms. The first-order valence-electron chi connectivity index (χ1n) is 8.76. The molecule has 1 fully saturated rings. The molecule has 0 amide bonds. The Morgan fingerprint density at radius 1 is 1.25 bits per heavy atom. The van der Waals surface area contributed by atoms with Gasteiger partial charge in [-0.3, -0.25) is 14.6 Å². The highest BCUT2D eigenvalue weighted by Crippen LogP contribution is 2.32. The largest absolute Gasteiger partial charge is 0.383 e. The molecule has 1 saturated heterocycles. The summed E-state index contributed by atoms with van der Waals surface area (Å²) in [5, 5.41) is 4.46. The van der Waals surface area contributed by atoms with Crippen LogP contribution in [0, 0.1) is 0 Å². The third kappa shape index (κ3) is 3.65. The maximum Gasteiger partial charge on any atom is 0.110 e. The second-order valence-electron chi connectivity index (χ2n) is 6.68. The van der Waals surface area contributed by atoms with Crippen molar-refractivity contribution in [1.29, 1.82) is 0 Å². The van der Waals surface area contributed by atoms with Crippen LogP contribution in [0.1, 0.15) is 44.3 Å². The Labute approximate surface area is 143 Å². The minimum atomic E-state index is 0.300. The van der Waals surface area contributed by atoms with Gasteiger partial charge in [0.15, 0.2) is 0 Å². The summed E-state index contributed by atoms with van der Waals surface area (Å²) in [6.45, 7) is 8.19. The van der Waals surface area contributed by atoms with Crippen molar-refractivity contribution in [3.05, 3.63) is 30.4 Å². The van der Waals surface area contributed by atoms with Crippen LogP contribution in [0.15, 0.2) is 24.7 Å². The van der Waals surface area contributed by atoms with Crippen molar-refractivity contribution in [3.8, 4) is 11.4 Å². The van der Waals surface area contributed by atoms with Crippen LogP contribution in [0.25, 0.3) is 11.4 Å². The summed E-state index contributed by atoms with van der Waals surface area (Å²) in [5.41, 5.74) is 3.13. The Kier molecular flexibility index (Phi) is 5.58. The Balaban J connectivity index is 1.88. The molecule has 2 aromatic heterocycles. The van der Waals surface area contributed by atoms with Crippen molar-refractivity contribution >= 4 is 0 Å². The number of nitrogens with zero attached hydrogens (tertiary/aromatic N) is 5. The Bertz CT molecular complexity index is 654. The first kappa shape index (κ1) is 17.0. The van der Waals surface area contributed by atoms with E-state index < -0.39 is 0 Å². The van der Waals surface area contributed by atoms with Crippen LogP contribution < -0.4 is 0 Å². The lowest BCUT2D eigenvalue weighted by atomic mass is 9.92. The van der Waals surface area contributed by atoms with Gasteiger partial charge in [-0.15, -0.1) is 0 Å². The second-order valence-corrected chi connectivity index (χ2v) is 6.68. The van der Waals surface area contributed by atoms with E-state index in [-0.39, 0.29) is 0 Å². The number of hydrogen-bond acceptors (Lipinski definition) is 5. The van der Waals surface area contributed by atoms with Gasteiger partial charge < -0.3 is 9.64 Å². The SMILES string of the molecule is COCCN1CCC[C@H](c2nccnc2-c2ccnn2C(C)C)C1. The van der Waals surface area contributed by atoms with Gasteiger partial charge in [-0.05, 0) is 39.3 Å². The number of hydrogen-bond donors (Lipinski definition) is 0. The maximum atomic E-state index is 5.23. The molecule has 0 aliphatic carbocycles. The fourth-order valence-corrected chi connectivity index (χ4v) is 3.46. The smallest absolute Gasteiger partial charge is 0.110 e. The first-order chi connectivity index (χ1) is 11.7. The van der Waals surface area contributed by atoms with Crippen molar-refractivity contribution in [3.63, 3.8) is 0 Å². The highest BCUT2D eigenvalue weighted by molar-refractivity contribution is 5.58. The summed E-state index contributed by atoms with van der Waals surface area (Å²) in [7, 11) is 1.76. The van der Waals surface area contributed by atoms with Gasteiger partial charge >= 0.3 is 0 Å². The lowest BCUT2D eigenvalue weighted by Crippen LogP contribution is -2.37. The molecule has 0 N–H and O–H groups in total. The van der Waals surface area contributed by atoms with Crippen molar-refractivity contribution in [1.82, 2.24) is 24.6 Å². The minimum Gasteiger partial charge on any atom is -0.383 e. The topological polar surface area (TPSA) is 56.1 Å². The lowest BCUT2D eigenvalue weighted by molar-refractivity contribution is 0.127. The number of likely N-dealkylation sites (tertiary alicyclic amines) is 1. The van der Waals surface area contributed by atoms with E-state index in [2.05, 4.69) is 28.8 Å². The highest BCUT2D eigenvalue weighted by Gasteiger charge is 2.26. The van der Waals surface area contributed by atoms with Gasteiger partial charge in [-0.1, -0.05) is 0 Å². The van der Waals surface area contributed by atoms with Crippen LogP contribution in [-0.4, -0.2) is 58.0 Å². The average Bonchev–Trinajstić information content (AvgIpc) is 3.10. The van der Waals surface area contributed by atoms with Crippen LogP contribution >= 0.6 is 0 Å². The first-order valence-corrected chi connectivity index (χ1v) is 8.76. The fraction of sp³-hybridized carbons (Fsp3) is 0.611. The Morgan fingerprint density at radius 2 is 2.08 bits per heavy atom. The molecule has 1 atom stereocenters. The Morgan fingerprint density at radius 3 is 2.88 bits per heavy atom. The summed E-state index contributed by atoms with van der Waals surface area (Å²) < 4.78 is 7.26. The van der Waals surface area contributed by atoms with Gasteiger partial charge in [0, 0.05) is 50.7 Å². The number of ether oxygens (including phenoxy) is 1. The summed E-state index contributed by atoms with van der Waals surface area (Å²) in [6, 6.07) is 2.34. The van der Waals surface area contributed by atoms with Gasteiger partial charge in [0.25, 0.3) is 0 Å². The van der Waals surface area contributed by atoms with Gasteiger partial charge in [0.2, 0.25) is 0 Å². The van der Waals surface area contributed by atoms with Gasteiger partial charge in [0.05, 0.1) is 18.0 Å². The molecule has 0 bridgehead atoms. The molecule has 0 spiro atoms. The minimum absolute atomic E-state index is 0.300. The van der Waals surface area contributed by atoms with E-state index in [0.29, 0.717) is 12.0 Å². The molecule has 2 aromatic rings. The lowest BCUT2D eigenvalue weighted by Gasteiger charge is -2.32. The molecule has 0 saturated carbocycles. The van der Waals surface area contributed by atoms with E-state index in [1.54, 1.807) is 13.3 Å². The zero-order valence-electron chi connectivity index (χ0n) is 14.9. The molecule has 3 heterocycles. The molecule has 0 unspecified atom stereocenters. The van der Waals surface area contributed by atoms with Crippen molar-refractivity contribution in [2.75, 3.05) is 33.4 Å². The van der Waals surface area contributed by atoms with E-state index in [0.717, 1.165) is 49.7 Å². The third-order valence-electron chi connectivity index (χ3n) is 4.63. The van der Waals surface area contributed by atoms with Gasteiger partial charge in [-0.2, -0.15) is 5.10 Å². The molecular weight excluding hydrogens is 302 g/mol. The van der Waals surface area contributed by atoms with Crippen LogP contribution in [0.3, 0.4) is 0 Å². The van der Waals surface area contributed by atoms with Crippen LogP contribution in [0.5, 0.6) is 0 Å².